The number of nitrogens with one attached hydrogen (secondary N) is 1. The summed E-state index contributed by atoms with van der Waals surface area (Å²) < 4.78 is 68.8. The number of hydrogen-bond donors (Lipinski definition) is 1. The number of hydrogen-bond acceptors (Lipinski definition) is 4. The quantitative estimate of drug-likeness (QED) is 0.366. The van der Waals surface area contributed by atoms with Crippen LogP contribution in [0.25, 0.3) is 0 Å². The molecule has 11 heteroatoms. The SMILES string of the molecule is CCNC(=O)[C@@H](C)N(Cc1cccc(C)c1)C(=O)CN(c1cccc(C(F)(F)F)c1)S(=O)(=O)c1ccc(C)cc1. The van der Waals surface area contributed by atoms with Gasteiger partial charge in [0.15, 0.2) is 0 Å². The highest BCUT2D eigenvalue weighted by Gasteiger charge is 2.35. The second-order valence-electron chi connectivity index (χ2n) is 9.45. The Hall–Kier alpha value is -3.86. The molecule has 0 aliphatic carbocycles. The normalized spacial score (nSPS) is 12.5. The number of halogens is 3. The average molecular weight is 576 g/mol. The summed E-state index contributed by atoms with van der Waals surface area (Å²) in [6.45, 7) is 6.34. The lowest BCUT2D eigenvalue weighted by atomic mass is 10.1. The maximum atomic E-state index is 13.8. The first-order valence-electron chi connectivity index (χ1n) is 12.6. The predicted octanol–water partition coefficient (Wildman–Crippen LogP) is 5.07. The molecule has 40 heavy (non-hydrogen) atoms. The maximum absolute atomic E-state index is 13.8. The van der Waals surface area contributed by atoms with Gasteiger partial charge in [-0.15, -0.1) is 0 Å². The van der Waals surface area contributed by atoms with E-state index in [1.807, 2.05) is 19.1 Å². The molecule has 2 amide bonds. The van der Waals surface area contributed by atoms with Gasteiger partial charge in [0, 0.05) is 13.1 Å². The number of benzene rings is 3. The van der Waals surface area contributed by atoms with Crippen molar-refractivity contribution in [2.75, 3.05) is 17.4 Å². The summed E-state index contributed by atoms with van der Waals surface area (Å²) >= 11 is 0. The molecule has 0 fully saturated rings. The van der Waals surface area contributed by atoms with Gasteiger partial charge in [-0.2, -0.15) is 13.2 Å². The summed E-state index contributed by atoms with van der Waals surface area (Å²) in [7, 11) is -4.48. The number of nitrogens with zero attached hydrogens (tertiary/aromatic N) is 2. The molecule has 0 heterocycles. The van der Waals surface area contributed by atoms with E-state index in [4.69, 9.17) is 0 Å². The molecular weight excluding hydrogens is 543 g/mol. The molecule has 3 rings (SSSR count). The van der Waals surface area contributed by atoms with Gasteiger partial charge < -0.3 is 10.2 Å². The summed E-state index contributed by atoms with van der Waals surface area (Å²) in [6, 6.07) is 15.8. The van der Waals surface area contributed by atoms with Crippen LogP contribution in [0, 0.1) is 13.8 Å². The Balaban J connectivity index is 2.09. The highest BCUT2D eigenvalue weighted by Crippen LogP contribution is 2.33. The van der Waals surface area contributed by atoms with E-state index >= 15 is 0 Å². The minimum atomic E-state index is -4.73. The molecule has 3 aromatic carbocycles. The van der Waals surface area contributed by atoms with Crippen LogP contribution < -0.4 is 9.62 Å². The number of alkyl halides is 3. The third kappa shape index (κ3) is 7.41. The molecule has 0 bridgehead atoms. The van der Waals surface area contributed by atoms with Gasteiger partial charge in [-0.25, -0.2) is 8.42 Å². The van der Waals surface area contributed by atoms with E-state index in [1.165, 1.54) is 30.0 Å². The summed E-state index contributed by atoms with van der Waals surface area (Å²) in [5.74, 6) is -1.20. The number of likely N-dealkylation sites (N-methyl/N-ethyl adjacent to an activating group) is 1. The molecule has 0 aromatic heterocycles. The molecule has 0 saturated carbocycles. The number of rotatable bonds is 10. The van der Waals surface area contributed by atoms with Gasteiger partial charge in [-0.3, -0.25) is 13.9 Å². The van der Waals surface area contributed by atoms with Crippen LogP contribution in [0.15, 0.2) is 77.7 Å². The smallest absolute Gasteiger partial charge is 0.355 e. The van der Waals surface area contributed by atoms with Gasteiger partial charge in [0.25, 0.3) is 10.0 Å². The zero-order chi connectivity index (χ0) is 29.7. The van der Waals surface area contributed by atoms with Crippen molar-refractivity contribution < 1.29 is 31.2 Å². The molecule has 0 saturated heterocycles. The van der Waals surface area contributed by atoms with Crippen LogP contribution >= 0.6 is 0 Å². The number of carbonyl (C=O) groups excluding carboxylic acids is 2. The first-order valence-corrected chi connectivity index (χ1v) is 14.1. The molecular formula is C29H32F3N3O4S. The van der Waals surface area contributed by atoms with Crippen molar-refractivity contribution in [3.05, 3.63) is 95.1 Å². The van der Waals surface area contributed by atoms with Crippen molar-refractivity contribution in [1.29, 1.82) is 0 Å². The highest BCUT2D eigenvalue weighted by molar-refractivity contribution is 7.92. The van der Waals surface area contributed by atoms with Gasteiger partial charge in [-0.1, -0.05) is 53.6 Å². The van der Waals surface area contributed by atoms with Crippen LogP contribution in [0.2, 0.25) is 0 Å². The fourth-order valence-corrected chi connectivity index (χ4v) is 5.52. The fourth-order valence-electron chi connectivity index (χ4n) is 4.12. The Kier molecular flexibility index (Phi) is 9.62. The van der Waals surface area contributed by atoms with Crippen molar-refractivity contribution >= 4 is 27.5 Å². The third-order valence-corrected chi connectivity index (χ3v) is 8.09. The molecule has 0 aliphatic heterocycles. The van der Waals surface area contributed by atoms with E-state index < -0.39 is 46.2 Å². The van der Waals surface area contributed by atoms with E-state index in [0.717, 1.165) is 23.3 Å². The number of aryl methyl sites for hydroxylation is 2. The van der Waals surface area contributed by atoms with E-state index in [1.54, 1.807) is 38.1 Å². The molecule has 0 unspecified atom stereocenters. The van der Waals surface area contributed by atoms with Crippen LogP contribution in [0.3, 0.4) is 0 Å². The van der Waals surface area contributed by atoms with Crippen LogP contribution in [0.5, 0.6) is 0 Å². The van der Waals surface area contributed by atoms with Gasteiger partial charge in [-0.05, 0) is 63.6 Å². The largest absolute Gasteiger partial charge is 0.416 e. The van der Waals surface area contributed by atoms with E-state index in [-0.39, 0.29) is 17.1 Å². The summed E-state index contributed by atoms with van der Waals surface area (Å²) in [5.41, 5.74) is 1.01. The molecule has 0 radical (unpaired) electrons. The van der Waals surface area contributed by atoms with Crippen molar-refractivity contribution in [2.45, 2.75) is 51.4 Å². The lowest BCUT2D eigenvalue weighted by Gasteiger charge is -2.32. The van der Waals surface area contributed by atoms with Gasteiger partial charge in [0.2, 0.25) is 11.8 Å². The molecule has 214 valence electrons. The highest BCUT2D eigenvalue weighted by atomic mass is 32.2. The minimum absolute atomic E-state index is 0.0141. The minimum Gasteiger partial charge on any atom is -0.355 e. The van der Waals surface area contributed by atoms with Gasteiger partial charge in [0.1, 0.15) is 12.6 Å². The lowest BCUT2D eigenvalue weighted by molar-refractivity contribution is -0.139. The molecule has 7 nitrogen and oxygen atoms in total. The summed E-state index contributed by atoms with van der Waals surface area (Å²) in [5, 5.41) is 2.66. The third-order valence-electron chi connectivity index (χ3n) is 6.30. The van der Waals surface area contributed by atoms with Crippen LogP contribution in [-0.2, 0) is 32.3 Å². The summed E-state index contributed by atoms with van der Waals surface area (Å²) in [4.78, 5) is 27.6. The molecule has 0 aliphatic rings. The monoisotopic (exact) mass is 575 g/mol. The van der Waals surface area contributed by atoms with Crippen LogP contribution in [0.4, 0.5) is 18.9 Å². The summed E-state index contributed by atoms with van der Waals surface area (Å²) in [6.07, 6.45) is -4.73. The fraction of sp³-hybridized carbons (Fsp3) is 0.310. The van der Waals surface area contributed by atoms with E-state index in [9.17, 15) is 31.2 Å². The van der Waals surface area contributed by atoms with E-state index in [2.05, 4.69) is 5.32 Å². The topological polar surface area (TPSA) is 86.8 Å². The molecule has 3 aromatic rings. The average Bonchev–Trinajstić information content (AvgIpc) is 2.89. The predicted molar refractivity (Wildman–Crippen MR) is 147 cm³/mol. The molecule has 0 spiro atoms. The second kappa shape index (κ2) is 12.5. The number of amides is 2. The van der Waals surface area contributed by atoms with Gasteiger partial charge in [0.05, 0.1) is 16.1 Å². The Labute approximate surface area is 232 Å². The second-order valence-corrected chi connectivity index (χ2v) is 11.3. The van der Waals surface area contributed by atoms with Crippen molar-refractivity contribution in [3.63, 3.8) is 0 Å². The van der Waals surface area contributed by atoms with Gasteiger partial charge >= 0.3 is 6.18 Å². The standard InChI is InChI=1S/C29H32F3N3O4S/c1-5-33-28(37)22(4)34(18-23-9-6-8-21(3)16-23)27(36)19-35(25-11-7-10-24(17-25)29(30,31)32)40(38,39)26-14-12-20(2)13-15-26/h6-17,22H,5,18-19H2,1-4H3,(H,33,37)/t22-/m1/s1. The Bertz CT molecular complexity index is 1460. The number of carbonyl (C=O) groups is 2. The Morgan fingerprint density at radius 2 is 1.57 bits per heavy atom. The lowest BCUT2D eigenvalue weighted by Crippen LogP contribution is -2.51. The number of sulfonamides is 1. The first-order chi connectivity index (χ1) is 18.7. The van der Waals surface area contributed by atoms with Crippen molar-refractivity contribution in [1.82, 2.24) is 10.2 Å². The molecule has 1 N–H and O–H groups in total. The zero-order valence-electron chi connectivity index (χ0n) is 22.7. The van der Waals surface area contributed by atoms with Crippen molar-refractivity contribution in [3.8, 4) is 0 Å². The zero-order valence-corrected chi connectivity index (χ0v) is 23.5. The van der Waals surface area contributed by atoms with E-state index in [0.29, 0.717) is 22.5 Å². The molecule has 1 atom stereocenters. The van der Waals surface area contributed by atoms with Crippen LogP contribution in [0.1, 0.15) is 36.1 Å². The van der Waals surface area contributed by atoms with Crippen LogP contribution in [-0.4, -0.2) is 44.3 Å². The Morgan fingerprint density at radius 3 is 2.17 bits per heavy atom. The first kappa shape index (κ1) is 30.7. The van der Waals surface area contributed by atoms with Crippen molar-refractivity contribution in [2.24, 2.45) is 0 Å². The number of anilines is 1. The Morgan fingerprint density at radius 1 is 0.925 bits per heavy atom. The maximum Gasteiger partial charge on any atom is 0.416 e.